The van der Waals surface area contributed by atoms with E-state index in [0.717, 1.165) is 32.1 Å². The van der Waals surface area contributed by atoms with Crippen LogP contribution in [-0.4, -0.2) is 20.7 Å². The molecule has 142 valence electrons. The summed E-state index contributed by atoms with van der Waals surface area (Å²) < 4.78 is 1.92. The summed E-state index contributed by atoms with van der Waals surface area (Å²) >= 11 is 18.1. The van der Waals surface area contributed by atoms with Crippen molar-refractivity contribution in [2.24, 2.45) is 17.3 Å². The van der Waals surface area contributed by atoms with E-state index in [1.165, 1.54) is 6.42 Å². The lowest BCUT2D eigenvalue weighted by Crippen LogP contribution is -2.60. The van der Waals surface area contributed by atoms with Crippen molar-refractivity contribution in [3.8, 4) is 0 Å². The van der Waals surface area contributed by atoms with E-state index >= 15 is 0 Å². The van der Waals surface area contributed by atoms with E-state index in [1.54, 1.807) is 24.5 Å². The van der Waals surface area contributed by atoms with Crippen LogP contribution in [0, 0.1) is 17.3 Å². The number of rotatable bonds is 3. The fraction of sp³-hybridized carbons (Fsp3) is 0.526. The molecule has 27 heavy (non-hydrogen) atoms. The third-order valence-electron chi connectivity index (χ3n) is 6.64. The van der Waals surface area contributed by atoms with Gasteiger partial charge < -0.3 is 5.32 Å². The van der Waals surface area contributed by atoms with Crippen LogP contribution in [-0.2, 0) is 10.3 Å². The summed E-state index contributed by atoms with van der Waals surface area (Å²) in [5.74, 6) is 1.15. The zero-order valence-corrected chi connectivity index (χ0v) is 16.9. The molecule has 4 aliphatic rings. The van der Waals surface area contributed by atoms with Crippen LogP contribution in [0.15, 0.2) is 24.5 Å². The smallest absolute Gasteiger partial charge is 0.242 e. The van der Waals surface area contributed by atoms with Gasteiger partial charge in [0.1, 0.15) is 6.33 Å². The first kappa shape index (κ1) is 17.8. The summed E-state index contributed by atoms with van der Waals surface area (Å²) in [6.07, 6.45) is 7.66. The van der Waals surface area contributed by atoms with Gasteiger partial charge in [-0.1, -0.05) is 23.2 Å². The molecule has 1 aromatic carbocycles. The molecule has 4 atom stereocenters. The standard InChI is InChI=1S/C19H19Cl3N4O/c20-14-2-1-13(4-15(14)21)24-16(27)18-5-11-3-12(6-18)8-19(7-11,9-18)26-10-23-17(22)25-26/h1-2,4,10-12H,3,5-9H2,(H,24,27)/t11-,12+,18?,19?. The Morgan fingerprint density at radius 1 is 1.11 bits per heavy atom. The van der Waals surface area contributed by atoms with Gasteiger partial charge in [0.15, 0.2) is 0 Å². The largest absolute Gasteiger partial charge is 0.326 e. The van der Waals surface area contributed by atoms with Gasteiger partial charge in [0.25, 0.3) is 0 Å². The SMILES string of the molecule is O=C(Nc1ccc(Cl)c(Cl)c1)C12C[C@H]3C[C@@H](C1)CC(n1cnc(Cl)n1)(C3)C2. The Morgan fingerprint density at radius 3 is 2.48 bits per heavy atom. The molecule has 1 N–H and O–H groups in total. The molecule has 0 radical (unpaired) electrons. The Kier molecular flexibility index (Phi) is 4.01. The van der Waals surface area contributed by atoms with E-state index in [-0.39, 0.29) is 22.1 Å². The molecule has 4 saturated carbocycles. The Bertz CT molecular complexity index is 913. The monoisotopic (exact) mass is 424 g/mol. The molecule has 0 aliphatic heterocycles. The summed E-state index contributed by atoms with van der Waals surface area (Å²) in [6.45, 7) is 0. The number of amides is 1. The maximum atomic E-state index is 13.4. The van der Waals surface area contributed by atoms with E-state index in [0.29, 0.717) is 27.6 Å². The topological polar surface area (TPSA) is 59.8 Å². The first-order chi connectivity index (χ1) is 12.9. The van der Waals surface area contributed by atoms with Crippen molar-refractivity contribution in [2.45, 2.75) is 44.1 Å². The lowest BCUT2D eigenvalue weighted by atomic mass is 9.46. The van der Waals surface area contributed by atoms with Gasteiger partial charge in [0.2, 0.25) is 11.2 Å². The minimum Gasteiger partial charge on any atom is -0.326 e. The molecule has 2 unspecified atom stereocenters. The summed E-state index contributed by atoms with van der Waals surface area (Å²) in [7, 11) is 0. The summed E-state index contributed by atoms with van der Waals surface area (Å²) in [6, 6.07) is 5.20. The molecule has 1 amide bonds. The van der Waals surface area contributed by atoms with E-state index in [9.17, 15) is 4.79 Å². The van der Waals surface area contributed by atoms with Crippen LogP contribution in [0.25, 0.3) is 0 Å². The molecule has 0 spiro atoms. The van der Waals surface area contributed by atoms with Crippen molar-refractivity contribution in [1.29, 1.82) is 0 Å². The molecular formula is C19H19Cl3N4O. The van der Waals surface area contributed by atoms with E-state index in [1.807, 2.05) is 4.68 Å². The number of nitrogens with one attached hydrogen (secondary N) is 1. The van der Waals surface area contributed by atoms with Crippen molar-refractivity contribution >= 4 is 46.4 Å². The molecule has 0 saturated heterocycles. The van der Waals surface area contributed by atoms with Crippen molar-refractivity contribution in [2.75, 3.05) is 5.32 Å². The van der Waals surface area contributed by atoms with Gasteiger partial charge in [-0.3, -0.25) is 4.79 Å². The van der Waals surface area contributed by atoms with E-state index in [4.69, 9.17) is 34.8 Å². The van der Waals surface area contributed by atoms with Gasteiger partial charge in [0, 0.05) is 5.69 Å². The van der Waals surface area contributed by atoms with E-state index < -0.39 is 0 Å². The van der Waals surface area contributed by atoms with Crippen molar-refractivity contribution in [1.82, 2.24) is 14.8 Å². The molecule has 4 bridgehead atoms. The number of carbonyl (C=O) groups excluding carboxylic acids is 1. The molecule has 5 nitrogen and oxygen atoms in total. The van der Waals surface area contributed by atoms with Gasteiger partial charge in [-0.2, -0.15) is 0 Å². The zero-order valence-electron chi connectivity index (χ0n) is 14.6. The molecular weight excluding hydrogens is 407 g/mol. The van der Waals surface area contributed by atoms with Crippen molar-refractivity contribution < 1.29 is 4.79 Å². The summed E-state index contributed by atoms with van der Waals surface area (Å²) in [4.78, 5) is 17.5. The maximum absolute atomic E-state index is 13.4. The third-order valence-corrected chi connectivity index (χ3v) is 7.55. The minimum absolute atomic E-state index is 0.0746. The Balaban J connectivity index is 1.46. The highest BCUT2D eigenvalue weighted by molar-refractivity contribution is 6.42. The van der Waals surface area contributed by atoms with Gasteiger partial charge in [0.05, 0.1) is 21.0 Å². The van der Waals surface area contributed by atoms with Crippen LogP contribution in [0.3, 0.4) is 0 Å². The second kappa shape index (κ2) is 6.10. The van der Waals surface area contributed by atoms with Gasteiger partial charge >= 0.3 is 0 Å². The van der Waals surface area contributed by atoms with Crippen LogP contribution in [0.1, 0.15) is 38.5 Å². The molecule has 2 aromatic rings. The quantitative estimate of drug-likeness (QED) is 0.737. The highest BCUT2D eigenvalue weighted by Crippen LogP contribution is 2.64. The van der Waals surface area contributed by atoms with Crippen molar-refractivity contribution in [3.05, 3.63) is 39.9 Å². The third kappa shape index (κ3) is 2.86. The van der Waals surface area contributed by atoms with Crippen molar-refractivity contribution in [3.63, 3.8) is 0 Å². The number of halogens is 3. The molecule has 1 heterocycles. The number of benzene rings is 1. The van der Waals surface area contributed by atoms with Gasteiger partial charge in [-0.25, -0.2) is 9.67 Å². The molecule has 8 heteroatoms. The number of nitrogens with zero attached hydrogens (tertiary/aromatic N) is 3. The Labute approximate surface area is 172 Å². The lowest BCUT2D eigenvalue weighted by molar-refractivity contribution is -0.150. The normalized spacial score (nSPS) is 34.0. The predicted octanol–water partition coefficient (Wildman–Crippen LogP) is 5.17. The fourth-order valence-corrected chi connectivity index (χ4v) is 6.48. The molecule has 4 fully saturated rings. The number of hydrogen-bond acceptors (Lipinski definition) is 3. The molecule has 4 aliphatic carbocycles. The zero-order chi connectivity index (χ0) is 18.8. The van der Waals surface area contributed by atoms with Crippen LogP contribution in [0.4, 0.5) is 5.69 Å². The number of anilines is 1. The second-order valence-electron chi connectivity index (χ2n) is 8.51. The van der Waals surface area contributed by atoms with Gasteiger partial charge in [-0.15, -0.1) is 5.10 Å². The Morgan fingerprint density at radius 2 is 1.85 bits per heavy atom. The summed E-state index contributed by atoms with van der Waals surface area (Å²) in [5.41, 5.74) is 0.149. The first-order valence-corrected chi connectivity index (χ1v) is 10.4. The van der Waals surface area contributed by atoms with Gasteiger partial charge in [-0.05, 0) is 80.2 Å². The lowest BCUT2D eigenvalue weighted by Gasteiger charge is -2.60. The molecule has 6 rings (SSSR count). The number of aromatic nitrogens is 3. The minimum atomic E-state index is -0.380. The van der Waals surface area contributed by atoms with Crippen LogP contribution in [0.5, 0.6) is 0 Å². The van der Waals surface area contributed by atoms with E-state index in [2.05, 4.69) is 15.4 Å². The second-order valence-corrected chi connectivity index (χ2v) is 9.66. The average Bonchev–Trinajstić information content (AvgIpc) is 3.04. The van der Waals surface area contributed by atoms with Crippen LogP contribution < -0.4 is 5.32 Å². The molecule has 1 aromatic heterocycles. The summed E-state index contributed by atoms with van der Waals surface area (Å²) in [5, 5.41) is 8.67. The number of carbonyl (C=O) groups is 1. The van der Waals surface area contributed by atoms with Crippen LogP contribution in [0.2, 0.25) is 15.3 Å². The first-order valence-electron chi connectivity index (χ1n) is 9.22. The average molecular weight is 426 g/mol. The maximum Gasteiger partial charge on any atom is 0.242 e. The predicted molar refractivity (Wildman–Crippen MR) is 105 cm³/mol. The van der Waals surface area contributed by atoms with Crippen LogP contribution >= 0.6 is 34.8 Å². The number of hydrogen-bond donors (Lipinski definition) is 1. The highest BCUT2D eigenvalue weighted by atomic mass is 35.5. The highest BCUT2D eigenvalue weighted by Gasteiger charge is 2.61. The fourth-order valence-electron chi connectivity index (χ4n) is 6.06. The Hall–Kier alpha value is -1.30.